The molecule has 1 aliphatic rings. The zero-order valence-corrected chi connectivity index (χ0v) is 19.0. The van der Waals surface area contributed by atoms with Crippen molar-refractivity contribution in [3.8, 4) is 17.2 Å². The molecular weight excluding hydrogens is 436 g/mol. The van der Waals surface area contributed by atoms with Gasteiger partial charge in [0.15, 0.2) is 11.5 Å². The molecule has 1 atom stereocenters. The van der Waals surface area contributed by atoms with E-state index in [0.29, 0.717) is 28.4 Å². The average molecular weight is 460 g/mol. The summed E-state index contributed by atoms with van der Waals surface area (Å²) in [7, 11) is 4.54. The topological polar surface area (TPSA) is 98.2 Å². The number of amides is 1. The fourth-order valence-corrected chi connectivity index (χ4v) is 4.03. The van der Waals surface area contributed by atoms with Crippen molar-refractivity contribution in [3.63, 3.8) is 0 Å². The van der Waals surface area contributed by atoms with E-state index in [-0.39, 0.29) is 17.9 Å². The smallest absolute Gasteiger partial charge is 0.295 e. The highest BCUT2D eigenvalue weighted by molar-refractivity contribution is 6.46. The van der Waals surface area contributed by atoms with Crippen LogP contribution in [0.4, 0.5) is 0 Å². The summed E-state index contributed by atoms with van der Waals surface area (Å²) in [6.07, 6.45) is 3.26. The Morgan fingerprint density at radius 3 is 2.44 bits per heavy atom. The molecule has 2 aromatic carbocycles. The number of aliphatic hydroxyl groups excluding tert-OH is 1. The third-order valence-corrected chi connectivity index (χ3v) is 5.68. The summed E-state index contributed by atoms with van der Waals surface area (Å²) in [5.74, 6) is -0.323. The van der Waals surface area contributed by atoms with E-state index in [0.717, 1.165) is 5.56 Å². The van der Waals surface area contributed by atoms with Gasteiger partial charge < -0.3 is 24.2 Å². The van der Waals surface area contributed by atoms with Crippen LogP contribution in [0.1, 0.15) is 22.7 Å². The summed E-state index contributed by atoms with van der Waals surface area (Å²) in [4.78, 5) is 31.9. The first kappa shape index (κ1) is 22.8. The van der Waals surface area contributed by atoms with Crippen LogP contribution in [0.2, 0.25) is 0 Å². The van der Waals surface area contributed by atoms with Gasteiger partial charge in [-0.05, 0) is 41.5 Å². The van der Waals surface area contributed by atoms with Gasteiger partial charge in [-0.15, -0.1) is 0 Å². The second-order valence-corrected chi connectivity index (χ2v) is 7.63. The number of pyridine rings is 1. The maximum absolute atomic E-state index is 13.2. The molecule has 4 rings (SSSR count). The molecule has 1 amide bonds. The molecule has 3 aromatic rings. The van der Waals surface area contributed by atoms with Gasteiger partial charge in [0.2, 0.25) is 0 Å². The molecule has 0 spiro atoms. The third kappa shape index (κ3) is 4.17. The number of benzene rings is 2. The number of aliphatic hydroxyl groups is 1. The van der Waals surface area contributed by atoms with Crippen LogP contribution in [0.5, 0.6) is 17.2 Å². The van der Waals surface area contributed by atoms with Crippen molar-refractivity contribution >= 4 is 17.4 Å². The number of carbonyl (C=O) groups is 2. The molecule has 8 nitrogen and oxygen atoms in total. The molecule has 1 aromatic heterocycles. The van der Waals surface area contributed by atoms with E-state index in [1.807, 2.05) is 6.07 Å². The van der Waals surface area contributed by atoms with Crippen molar-refractivity contribution in [2.45, 2.75) is 12.6 Å². The number of methoxy groups -OCH3 is 3. The highest BCUT2D eigenvalue weighted by Crippen LogP contribution is 2.42. The fraction of sp³-hybridized carbons (Fsp3) is 0.192. The number of hydrogen-bond donors (Lipinski definition) is 1. The first-order valence-corrected chi connectivity index (χ1v) is 10.5. The molecule has 174 valence electrons. The highest BCUT2D eigenvalue weighted by Gasteiger charge is 2.46. The Kier molecular flexibility index (Phi) is 6.49. The summed E-state index contributed by atoms with van der Waals surface area (Å²) in [5.41, 5.74) is 1.68. The molecule has 0 unspecified atom stereocenters. The summed E-state index contributed by atoms with van der Waals surface area (Å²) >= 11 is 0. The predicted octanol–water partition coefficient (Wildman–Crippen LogP) is 3.73. The van der Waals surface area contributed by atoms with E-state index in [4.69, 9.17) is 14.2 Å². The maximum Gasteiger partial charge on any atom is 0.295 e. The minimum Gasteiger partial charge on any atom is -0.507 e. The normalized spacial score (nSPS) is 17.0. The Morgan fingerprint density at radius 1 is 0.971 bits per heavy atom. The van der Waals surface area contributed by atoms with Gasteiger partial charge in [-0.1, -0.05) is 24.3 Å². The number of likely N-dealkylation sites (tertiary alicyclic amines) is 1. The molecule has 1 N–H and O–H groups in total. The first-order chi connectivity index (χ1) is 16.5. The lowest BCUT2D eigenvalue weighted by Gasteiger charge is -2.26. The van der Waals surface area contributed by atoms with Crippen LogP contribution in [0.25, 0.3) is 5.76 Å². The molecule has 0 radical (unpaired) electrons. The van der Waals surface area contributed by atoms with E-state index in [9.17, 15) is 14.7 Å². The second-order valence-electron chi connectivity index (χ2n) is 7.63. The van der Waals surface area contributed by atoms with Crippen LogP contribution in [0, 0.1) is 0 Å². The molecule has 2 heterocycles. The minimum atomic E-state index is -0.855. The Hall–Kier alpha value is -4.33. The van der Waals surface area contributed by atoms with Crippen LogP contribution in [-0.2, 0) is 16.1 Å². The van der Waals surface area contributed by atoms with Crippen LogP contribution in [0.15, 0.2) is 72.6 Å². The molecule has 1 aliphatic heterocycles. The summed E-state index contributed by atoms with van der Waals surface area (Å²) in [5, 5.41) is 11.2. The number of ketones is 1. The summed E-state index contributed by atoms with van der Waals surface area (Å²) in [6.45, 7) is 0.131. The Morgan fingerprint density at radius 2 is 1.76 bits per heavy atom. The molecule has 1 saturated heterocycles. The van der Waals surface area contributed by atoms with Crippen LogP contribution in [-0.4, -0.2) is 48.0 Å². The van der Waals surface area contributed by atoms with Gasteiger partial charge in [-0.25, -0.2) is 0 Å². The third-order valence-electron chi connectivity index (χ3n) is 5.68. The van der Waals surface area contributed by atoms with Gasteiger partial charge in [-0.3, -0.25) is 14.6 Å². The van der Waals surface area contributed by atoms with Crippen molar-refractivity contribution in [3.05, 3.63) is 89.3 Å². The quantitative estimate of drug-likeness (QED) is 0.326. The van der Waals surface area contributed by atoms with Crippen LogP contribution in [0.3, 0.4) is 0 Å². The van der Waals surface area contributed by atoms with Crippen molar-refractivity contribution in [1.29, 1.82) is 0 Å². The van der Waals surface area contributed by atoms with Gasteiger partial charge in [0.1, 0.15) is 11.5 Å². The molecule has 0 aliphatic carbocycles. The lowest BCUT2D eigenvalue weighted by atomic mass is 9.94. The zero-order chi connectivity index (χ0) is 24.2. The van der Waals surface area contributed by atoms with E-state index in [2.05, 4.69) is 4.98 Å². The lowest BCUT2D eigenvalue weighted by Crippen LogP contribution is -2.29. The number of ether oxygens (including phenoxy) is 3. The number of Topliss-reactive ketones (excluding diaryl/α,β-unsaturated/α-hetero) is 1. The van der Waals surface area contributed by atoms with Gasteiger partial charge in [0.05, 0.1) is 32.9 Å². The van der Waals surface area contributed by atoms with Crippen molar-refractivity contribution in [2.24, 2.45) is 0 Å². The van der Waals surface area contributed by atoms with Crippen LogP contribution < -0.4 is 14.2 Å². The van der Waals surface area contributed by atoms with Crippen LogP contribution >= 0.6 is 0 Å². The summed E-state index contributed by atoms with van der Waals surface area (Å²) in [6, 6.07) is 14.5. The number of rotatable bonds is 7. The van der Waals surface area contributed by atoms with Gasteiger partial charge in [0.25, 0.3) is 11.7 Å². The lowest BCUT2D eigenvalue weighted by molar-refractivity contribution is -0.140. The second kappa shape index (κ2) is 9.66. The van der Waals surface area contributed by atoms with E-state index < -0.39 is 17.7 Å². The predicted molar refractivity (Wildman–Crippen MR) is 125 cm³/mol. The van der Waals surface area contributed by atoms with Crippen molar-refractivity contribution < 1.29 is 28.9 Å². The molecule has 0 saturated carbocycles. The highest BCUT2D eigenvalue weighted by atomic mass is 16.5. The zero-order valence-electron chi connectivity index (χ0n) is 19.0. The minimum absolute atomic E-state index is 0.0191. The standard InChI is InChI=1S/C26H24N2O6/c1-32-19-8-4-7-18(12-19)24(29)22-23(17-9-10-20(33-2)21(13-17)34-3)28(26(31)25(22)30)15-16-6-5-11-27-14-16/h4-14,23,29H,15H2,1-3H3/t23-/m0/s1. The molecular formula is C26H24N2O6. The Bertz CT molecular complexity index is 1260. The van der Waals surface area contributed by atoms with E-state index in [1.165, 1.54) is 26.2 Å². The van der Waals surface area contributed by atoms with E-state index in [1.54, 1.807) is 60.9 Å². The molecule has 0 bridgehead atoms. The SMILES string of the molecule is COc1cccc(C(O)=C2C(=O)C(=O)N(Cc3cccnc3)[C@H]2c2ccc(OC)c(OC)c2)c1. The van der Waals surface area contributed by atoms with Gasteiger partial charge >= 0.3 is 0 Å². The summed E-state index contributed by atoms with van der Waals surface area (Å²) < 4.78 is 16.0. The van der Waals surface area contributed by atoms with Crippen molar-refractivity contribution in [1.82, 2.24) is 9.88 Å². The fourth-order valence-electron chi connectivity index (χ4n) is 4.03. The Labute approximate surface area is 197 Å². The number of carbonyl (C=O) groups excluding carboxylic acids is 2. The number of aromatic nitrogens is 1. The molecule has 8 heteroatoms. The van der Waals surface area contributed by atoms with Gasteiger partial charge in [-0.2, -0.15) is 0 Å². The van der Waals surface area contributed by atoms with E-state index >= 15 is 0 Å². The number of nitrogens with zero attached hydrogens (tertiary/aromatic N) is 2. The molecule has 34 heavy (non-hydrogen) atoms. The number of hydrogen-bond acceptors (Lipinski definition) is 7. The average Bonchev–Trinajstić information content (AvgIpc) is 3.13. The van der Waals surface area contributed by atoms with Crippen molar-refractivity contribution in [2.75, 3.05) is 21.3 Å². The monoisotopic (exact) mass is 460 g/mol. The maximum atomic E-state index is 13.2. The first-order valence-electron chi connectivity index (χ1n) is 10.5. The van der Waals surface area contributed by atoms with Gasteiger partial charge in [0, 0.05) is 24.5 Å². The largest absolute Gasteiger partial charge is 0.507 e. The Balaban J connectivity index is 1.90. The molecule has 1 fully saturated rings.